The van der Waals surface area contributed by atoms with Crippen LogP contribution in [0.5, 0.6) is 0 Å². The highest BCUT2D eigenvalue weighted by Crippen LogP contribution is 2.19. The lowest BCUT2D eigenvalue weighted by molar-refractivity contribution is -0.142. The number of aliphatic carboxylic acids is 1. The van der Waals surface area contributed by atoms with Crippen LogP contribution in [0.15, 0.2) is 25.3 Å². The second-order valence-electron chi connectivity index (χ2n) is 5.07. The van der Waals surface area contributed by atoms with Gasteiger partial charge in [0.1, 0.15) is 6.04 Å². The molecule has 102 valence electrons. The number of hydrogen-bond donors (Lipinski definition) is 2. The molecule has 0 aromatic carbocycles. The SMILES string of the molecule is C=CCN(CC=C)C(=O)NC(C(=O)O)C(C)(C)C. The van der Waals surface area contributed by atoms with Gasteiger partial charge in [0.15, 0.2) is 0 Å². The molecule has 0 aliphatic heterocycles. The monoisotopic (exact) mass is 254 g/mol. The van der Waals surface area contributed by atoms with E-state index in [0.717, 1.165) is 0 Å². The van der Waals surface area contributed by atoms with Gasteiger partial charge in [0.2, 0.25) is 0 Å². The highest BCUT2D eigenvalue weighted by atomic mass is 16.4. The minimum absolute atomic E-state index is 0.342. The van der Waals surface area contributed by atoms with E-state index in [-0.39, 0.29) is 0 Å². The molecule has 0 radical (unpaired) electrons. The van der Waals surface area contributed by atoms with Crippen LogP contribution in [0.25, 0.3) is 0 Å². The van der Waals surface area contributed by atoms with Crippen molar-refractivity contribution < 1.29 is 14.7 Å². The lowest BCUT2D eigenvalue weighted by atomic mass is 9.87. The quantitative estimate of drug-likeness (QED) is 0.711. The maximum atomic E-state index is 11.9. The Morgan fingerprint density at radius 2 is 1.72 bits per heavy atom. The molecule has 18 heavy (non-hydrogen) atoms. The molecule has 0 heterocycles. The molecule has 5 nitrogen and oxygen atoms in total. The maximum absolute atomic E-state index is 11.9. The molecule has 0 saturated carbocycles. The summed E-state index contributed by atoms with van der Waals surface area (Å²) in [5.41, 5.74) is -0.560. The van der Waals surface area contributed by atoms with Crippen molar-refractivity contribution >= 4 is 12.0 Å². The number of carbonyl (C=O) groups is 2. The molecule has 0 aliphatic carbocycles. The summed E-state index contributed by atoms with van der Waals surface area (Å²) in [7, 11) is 0. The zero-order chi connectivity index (χ0) is 14.3. The van der Waals surface area contributed by atoms with Gasteiger partial charge in [-0.1, -0.05) is 32.9 Å². The zero-order valence-corrected chi connectivity index (χ0v) is 11.3. The van der Waals surface area contributed by atoms with E-state index in [1.807, 2.05) is 0 Å². The van der Waals surface area contributed by atoms with Gasteiger partial charge >= 0.3 is 12.0 Å². The van der Waals surface area contributed by atoms with E-state index in [9.17, 15) is 9.59 Å². The zero-order valence-electron chi connectivity index (χ0n) is 11.3. The molecule has 0 aromatic rings. The summed E-state index contributed by atoms with van der Waals surface area (Å²) >= 11 is 0. The summed E-state index contributed by atoms with van der Waals surface area (Å²) in [6.07, 6.45) is 3.16. The smallest absolute Gasteiger partial charge is 0.326 e. The van der Waals surface area contributed by atoms with E-state index >= 15 is 0 Å². The molecule has 0 aromatic heterocycles. The molecule has 0 aliphatic rings. The Bertz CT molecular complexity index is 322. The minimum atomic E-state index is -1.05. The second-order valence-corrected chi connectivity index (χ2v) is 5.07. The highest BCUT2D eigenvalue weighted by Gasteiger charge is 2.33. The Morgan fingerprint density at radius 1 is 1.28 bits per heavy atom. The topological polar surface area (TPSA) is 69.6 Å². The standard InChI is InChI=1S/C13H22N2O3/c1-6-8-15(9-7-2)12(18)14-10(11(16)17)13(3,4)5/h6-7,10H,1-2,8-9H2,3-5H3,(H,14,18)(H,16,17). The first kappa shape index (κ1) is 16.2. The fourth-order valence-electron chi connectivity index (χ4n) is 1.42. The van der Waals surface area contributed by atoms with Crippen molar-refractivity contribution in [3.8, 4) is 0 Å². The van der Waals surface area contributed by atoms with Gasteiger partial charge in [0.05, 0.1) is 0 Å². The van der Waals surface area contributed by atoms with Crippen LogP contribution < -0.4 is 5.32 Å². The van der Waals surface area contributed by atoms with Gasteiger partial charge in [-0.05, 0) is 5.41 Å². The number of urea groups is 1. The molecule has 0 saturated heterocycles. The van der Waals surface area contributed by atoms with Crippen LogP contribution >= 0.6 is 0 Å². The van der Waals surface area contributed by atoms with Gasteiger partial charge in [-0.25, -0.2) is 9.59 Å². The van der Waals surface area contributed by atoms with Gasteiger partial charge < -0.3 is 15.3 Å². The molecule has 1 atom stereocenters. The van der Waals surface area contributed by atoms with Crippen LogP contribution in [0.3, 0.4) is 0 Å². The van der Waals surface area contributed by atoms with Crippen LogP contribution in [0.2, 0.25) is 0 Å². The van der Waals surface area contributed by atoms with Crippen LogP contribution in [0, 0.1) is 5.41 Å². The fourth-order valence-corrected chi connectivity index (χ4v) is 1.42. The maximum Gasteiger partial charge on any atom is 0.326 e. The van der Waals surface area contributed by atoms with E-state index < -0.39 is 23.5 Å². The van der Waals surface area contributed by atoms with E-state index in [2.05, 4.69) is 18.5 Å². The average molecular weight is 254 g/mol. The number of carboxylic acids is 1. The van der Waals surface area contributed by atoms with Crippen LogP contribution in [0.4, 0.5) is 4.79 Å². The van der Waals surface area contributed by atoms with Gasteiger partial charge in [-0.3, -0.25) is 0 Å². The number of hydrogen-bond acceptors (Lipinski definition) is 2. The molecule has 2 amide bonds. The molecule has 0 spiro atoms. The van der Waals surface area contributed by atoms with Crippen molar-refractivity contribution in [3.63, 3.8) is 0 Å². The van der Waals surface area contributed by atoms with Crippen molar-refractivity contribution in [1.82, 2.24) is 10.2 Å². The van der Waals surface area contributed by atoms with Gasteiger partial charge in [-0.2, -0.15) is 0 Å². The third-order valence-corrected chi connectivity index (χ3v) is 2.37. The third-order valence-electron chi connectivity index (χ3n) is 2.37. The number of amides is 2. The number of carbonyl (C=O) groups excluding carboxylic acids is 1. The lowest BCUT2D eigenvalue weighted by Crippen LogP contribution is -2.53. The van der Waals surface area contributed by atoms with Crippen LogP contribution in [-0.2, 0) is 4.79 Å². The van der Waals surface area contributed by atoms with Crippen molar-refractivity contribution in [2.75, 3.05) is 13.1 Å². The average Bonchev–Trinajstić information content (AvgIpc) is 2.23. The number of nitrogens with zero attached hydrogens (tertiary/aromatic N) is 1. The predicted molar refractivity (Wildman–Crippen MR) is 71.4 cm³/mol. The molecule has 0 fully saturated rings. The van der Waals surface area contributed by atoms with Gasteiger partial charge in [-0.15, -0.1) is 13.2 Å². The predicted octanol–water partition coefficient (Wildman–Crippen LogP) is 1.87. The molecule has 0 rings (SSSR count). The van der Waals surface area contributed by atoms with Crippen molar-refractivity contribution in [2.24, 2.45) is 5.41 Å². The van der Waals surface area contributed by atoms with E-state index in [1.165, 1.54) is 4.90 Å². The third kappa shape index (κ3) is 5.03. The van der Waals surface area contributed by atoms with E-state index in [4.69, 9.17) is 5.11 Å². The largest absolute Gasteiger partial charge is 0.480 e. The van der Waals surface area contributed by atoms with Crippen LogP contribution in [0.1, 0.15) is 20.8 Å². The summed E-state index contributed by atoms with van der Waals surface area (Å²) < 4.78 is 0. The Morgan fingerprint density at radius 3 is 2.00 bits per heavy atom. The van der Waals surface area contributed by atoms with E-state index in [1.54, 1.807) is 32.9 Å². The minimum Gasteiger partial charge on any atom is -0.480 e. The lowest BCUT2D eigenvalue weighted by Gasteiger charge is -2.30. The Labute approximate surface area is 108 Å². The molecule has 1 unspecified atom stereocenters. The van der Waals surface area contributed by atoms with Crippen LogP contribution in [-0.4, -0.2) is 41.1 Å². The molecule has 0 bridgehead atoms. The molecule has 5 heteroatoms. The molecule has 2 N–H and O–H groups in total. The number of rotatable bonds is 6. The second kappa shape index (κ2) is 6.83. The van der Waals surface area contributed by atoms with Crippen molar-refractivity contribution in [1.29, 1.82) is 0 Å². The number of nitrogens with one attached hydrogen (secondary N) is 1. The first-order valence-corrected chi connectivity index (χ1v) is 5.74. The summed E-state index contributed by atoms with van der Waals surface area (Å²) in [4.78, 5) is 24.5. The van der Waals surface area contributed by atoms with Crippen molar-refractivity contribution in [3.05, 3.63) is 25.3 Å². The van der Waals surface area contributed by atoms with Crippen molar-refractivity contribution in [2.45, 2.75) is 26.8 Å². The summed E-state index contributed by atoms with van der Waals surface area (Å²) in [5.74, 6) is -1.05. The Hall–Kier alpha value is -1.78. The molecular weight excluding hydrogens is 232 g/mol. The number of carboxylic acid groups (broad SMARTS) is 1. The highest BCUT2D eigenvalue weighted by molar-refractivity contribution is 5.83. The van der Waals surface area contributed by atoms with Gasteiger partial charge in [0, 0.05) is 13.1 Å². The van der Waals surface area contributed by atoms with E-state index in [0.29, 0.717) is 13.1 Å². The normalized spacial score (nSPS) is 12.4. The van der Waals surface area contributed by atoms with Gasteiger partial charge in [0.25, 0.3) is 0 Å². The molecular formula is C13H22N2O3. The summed E-state index contributed by atoms with van der Waals surface area (Å²) in [5, 5.41) is 11.6. The first-order chi connectivity index (χ1) is 8.23. The summed E-state index contributed by atoms with van der Waals surface area (Å²) in [6.45, 7) is 13.1. The Kier molecular flexibility index (Phi) is 6.16. The summed E-state index contributed by atoms with van der Waals surface area (Å²) in [6, 6.07) is -1.38. The Balaban J connectivity index is 4.81. The fraction of sp³-hybridized carbons (Fsp3) is 0.538. The first-order valence-electron chi connectivity index (χ1n) is 5.74.